The topological polar surface area (TPSA) is 21.3 Å². The fourth-order valence-electron chi connectivity index (χ4n) is 2.14. The highest BCUT2D eigenvalue weighted by molar-refractivity contribution is 7.16. The summed E-state index contributed by atoms with van der Waals surface area (Å²) < 4.78 is 6.57. The van der Waals surface area contributed by atoms with E-state index in [0.29, 0.717) is 0 Å². The molecule has 0 radical (unpaired) electrons. The Labute approximate surface area is 120 Å². The van der Waals surface area contributed by atoms with Gasteiger partial charge in [-0.15, -0.1) is 11.3 Å². The van der Waals surface area contributed by atoms with Crippen LogP contribution in [0, 0.1) is 5.41 Å². The van der Waals surface area contributed by atoms with Crippen LogP contribution in [0.25, 0.3) is 0 Å². The summed E-state index contributed by atoms with van der Waals surface area (Å²) in [6.45, 7) is 9.77. The Balaban J connectivity index is 2.96. The highest BCUT2D eigenvalue weighted by Crippen LogP contribution is 2.36. The van der Waals surface area contributed by atoms with Crippen LogP contribution in [0.4, 0.5) is 0 Å². The Morgan fingerprint density at radius 1 is 1.39 bits per heavy atom. The van der Waals surface area contributed by atoms with Crippen LogP contribution in [0.15, 0.2) is 12.1 Å². The quantitative estimate of drug-likeness (QED) is 0.832. The minimum absolute atomic E-state index is 0.0800. The molecular weight excluding hydrogens is 266 g/mol. The molecular formula is C14H24ClNOS. The Morgan fingerprint density at radius 2 is 2.06 bits per heavy atom. The average molecular weight is 290 g/mol. The fourth-order valence-corrected chi connectivity index (χ4v) is 3.30. The van der Waals surface area contributed by atoms with Gasteiger partial charge in [0, 0.05) is 12.0 Å². The third-order valence-corrected chi connectivity index (χ3v) is 4.24. The summed E-state index contributed by atoms with van der Waals surface area (Å²) in [4.78, 5) is 1.25. The Morgan fingerprint density at radius 3 is 2.44 bits per heavy atom. The highest BCUT2D eigenvalue weighted by atomic mass is 35.5. The maximum atomic E-state index is 6.05. The Kier molecular flexibility index (Phi) is 6.12. The molecule has 4 heteroatoms. The first-order valence-electron chi connectivity index (χ1n) is 6.41. The fraction of sp³-hybridized carbons (Fsp3) is 0.714. The molecule has 0 aliphatic heterocycles. The molecule has 1 heterocycles. The van der Waals surface area contributed by atoms with Crippen LogP contribution in [-0.4, -0.2) is 19.8 Å². The van der Waals surface area contributed by atoms with Crippen molar-refractivity contribution in [3.8, 4) is 0 Å². The lowest BCUT2D eigenvalue weighted by Gasteiger charge is -2.36. The molecule has 0 fully saturated rings. The summed E-state index contributed by atoms with van der Waals surface area (Å²) in [5, 5.41) is 3.58. The zero-order valence-electron chi connectivity index (χ0n) is 11.9. The summed E-state index contributed by atoms with van der Waals surface area (Å²) >= 11 is 7.68. The molecule has 0 spiro atoms. The van der Waals surface area contributed by atoms with Crippen molar-refractivity contribution in [2.45, 2.75) is 46.3 Å². The van der Waals surface area contributed by atoms with E-state index in [4.69, 9.17) is 16.3 Å². The van der Waals surface area contributed by atoms with Gasteiger partial charge in [-0.1, -0.05) is 39.3 Å². The Bertz CT molecular complexity index is 359. The molecule has 0 saturated carbocycles. The van der Waals surface area contributed by atoms with Gasteiger partial charge in [0.15, 0.2) is 0 Å². The van der Waals surface area contributed by atoms with Crippen molar-refractivity contribution >= 4 is 22.9 Å². The summed E-state index contributed by atoms with van der Waals surface area (Å²) in [6, 6.07) is 4.25. The first kappa shape index (κ1) is 16.0. The van der Waals surface area contributed by atoms with Gasteiger partial charge in [0.25, 0.3) is 0 Å². The van der Waals surface area contributed by atoms with E-state index >= 15 is 0 Å². The third kappa shape index (κ3) is 4.23. The normalized spacial score (nSPS) is 15.7. The second-order valence-corrected chi connectivity index (χ2v) is 7.34. The van der Waals surface area contributed by atoms with Crippen LogP contribution in [0.2, 0.25) is 4.34 Å². The lowest BCUT2D eigenvalue weighted by molar-refractivity contribution is -0.0110. The van der Waals surface area contributed by atoms with E-state index in [1.807, 2.05) is 6.07 Å². The molecule has 0 aliphatic rings. The van der Waals surface area contributed by atoms with Gasteiger partial charge < -0.3 is 10.1 Å². The van der Waals surface area contributed by atoms with Crippen molar-refractivity contribution in [2.24, 2.45) is 5.41 Å². The first-order valence-corrected chi connectivity index (χ1v) is 7.61. The van der Waals surface area contributed by atoms with Gasteiger partial charge in [0.2, 0.25) is 0 Å². The van der Waals surface area contributed by atoms with Gasteiger partial charge in [-0.05, 0) is 30.5 Å². The van der Waals surface area contributed by atoms with Crippen molar-refractivity contribution in [1.82, 2.24) is 5.32 Å². The van der Waals surface area contributed by atoms with Gasteiger partial charge in [0.1, 0.15) is 0 Å². The van der Waals surface area contributed by atoms with Crippen LogP contribution in [-0.2, 0) is 4.74 Å². The number of ether oxygens (including phenoxy) is 1. The third-order valence-electron chi connectivity index (χ3n) is 2.93. The molecule has 1 aromatic heterocycles. The first-order chi connectivity index (χ1) is 8.40. The van der Waals surface area contributed by atoms with Gasteiger partial charge in [0.05, 0.1) is 16.5 Å². The lowest BCUT2D eigenvalue weighted by atomic mass is 9.84. The monoisotopic (exact) mass is 289 g/mol. The predicted molar refractivity (Wildman–Crippen MR) is 80.6 cm³/mol. The molecule has 1 rings (SSSR count). The van der Waals surface area contributed by atoms with E-state index in [0.717, 1.165) is 17.3 Å². The van der Waals surface area contributed by atoms with Gasteiger partial charge in [-0.3, -0.25) is 0 Å². The Hall–Kier alpha value is -0.0900. The van der Waals surface area contributed by atoms with Crippen molar-refractivity contribution in [3.05, 3.63) is 21.3 Å². The largest absolute Gasteiger partial charge is 0.379 e. The molecule has 2 atom stereocenters. The van der Waals surface area contributed by atoms with E-state index in [1.165, 1.54) is 4.88 Å². The number of methoxy groups -OCH3 is 1. The zero-order chi connectivity index (χ0) is 13.8. The number of hydrogen-bond acceptors (Lipinski definition) is 3. The lowest BCUT2D eigenvalue weighted by Crippen LogP contribution is -2.41. The van der Waals surface area contributed by atoms with E-state index in [1.54, 1.807) is 18.4 Å². The zero-order valence-corrected chi connectivity index (χ0v) is 13.5. The molecule has 0 bridgehead atoms. The predicted octanol–water partition coefficient (Wildman–Crippen LogP) is 4.50. The van der Waals surface area contributed by atoms with E-state index in [9.17, 15) is 0 Å². The van der Waals surface area contributed by atoms with Gasteiger partial charge in [-0.2, -0.15) is 0 Å². The molecule has 0 amide bonds. The van der Waals surface area contributed by atoms with Crippen molar-refractivity contribution in [3.63, 3.8) is 0 Å². The molecule has 18 heavy (non-hydrogen) atoms. The maximum Gasteiger partial charge on any atom is 0.0931 e. The molecule has 0 saturated heterocycles. The number of rotatable bonds is 6. The highest BCUT2D eigenvalue weighted by Gasteiger charge is 2.33. The molecule has 0 aromatic carbocycles. The molecule has 0 aliphatic carbocycles. The number of halogens is 1. The standard InChI is InChI=1S/C14H24ClNOS/c1-6-9-16-12(10-7-8-11(15)18-10)13(17-5)14(2,3)4/h7-8,12-13,16H,6,9H2,1-5H3. The van der Waals surface area contributed by atoms with E-state index < -0.39 is 0 Å². The number of thiophene rings is 1. The summed E-state index contributed by atoms with van der Waals surface area (Å²) in [5.74, 6) is 0. The smallest absolute Gasteiger partial charge is 0.0931 e. The van der Waals surface area contributed by atoms with Crippen molar-refractivity contribution < 1.29 is 4.74 Å². The minimum Gasteiger partial charge on any atom is -0.379 e. The SMILES string of the molecule is CCCNC(c1ccc(Cl)s1)C(OC)C(C)(C)C. The van der Waals surface area contributed by atoms with E-state index in [2.05, 4.69) is 39.1 Å². The van der Waals surface area contributed by atoms with Crippen molar-refractivity contribution in [2.75, 3.05) is 13.7 Å². The van der Waals surface area contributed by atoms with Crippen LogP contribution in [0.1, 0.15) is 45.0 Å². The van der Waals surface area contributed by atoms with Gasteiger partial charge in [-0.25, -0.2) is 0 Å². The number of hydrogen-bond donors (Lipinski definition) is 1. The second kappa shape index (κ2) is 6.90. The molecule has 1 aromatic rings. The maximum absolute atomic E-state index is 6.05. The van der Waals surface area contributed by atoms with Crippen LogP contribution in [0.3, 0.4) is 0 Å². The van der Waals surface area contributed by atoms with Crippen LogP contribution < -0.4 is 5.32 Å². The van der Waals surface area contributed by atoms with E-state index in [-0.39, 0.29) is 17.6 Å². The summed E-state index contributed by atoms with van der Waals surface area (Å²) in [7, 11) is 1.78. The summed E-state index contributed by atoms with van der Waals surface area (Å²) in [5.41, 5.74) is 0.0800. The van der Waals surface area contributed by atoms with Gasteiger partial charge >= 0.3 is 0 Å². The van der Waals surface area contributed by atoms with Crippen LogP contribution in [0.5, 0.6) is 0 Å². The molecule has 2 nitrogen and oxygen atoms in total. The molecule has 2 unspecified atom stereocenters. The average Bonchev–Trinajstić information content (AvgIpc) is 2.69. The van der Waals surface area contributed by atoms with Crippen LogP contribution >= 0.6 is 22.9 Å². The number of nitrogens with one attached hydrogen (secondary N) is 1. The molecule has 104 valence electrons. The summed E-state index contributed by atoms with van der Waals surface area (Å²) in [6.07, 6.45) is 1.23. The molecule has 1 N–H and O–H groups in total. The second-order valence-electron chi connectivity index (χ2n) is 5.60. The minimum atomic E-state index is 0.0800. The van der Waals surface area contributed by atoms with Crippen molar-refractivity contribution in [1.29, 1.82) is 0 Å².